The molecule has 1 heterocycles. The molecule has 0 saturated carbocycles. The van der Waals surface area contributed by atoms with Gasteiger partial charge in [0.05, 0.1) is 16.7 Å². The summed E-state index contributed by atoms with van der Waals surface area (Å²) in [5.41, 5.74) is 14.7. The summed E-state index contributed by atoms with van der Waals surface area (Å²) in [6, 6.07) is 5.78. The van der Waals surface area contributed by atoms with Crippen LogP contribution in [0.15, 0.2) is 18.2 Å². The van der Waals surface area contributed by atoms with Gasteiger partial charge in [0, 0.05) is 13.7 Å². The predicted octanol–water partition coefficient (Wildman–Crippen LogP) is 0.588. The van der Waals surface area contributed by atoms with E-state index in [1.54, 1.807) is 0 Å². The van der Waals surface area contributed by atoms with E-state index in [2.05, 4.69) is 9.97 Å². The van der Waals surface area contributed by atoms with Crippen molar-refractivity contribution in [2.24, 2.45) is 5.73 Å². The van der Waals surface area contributed by atoms with Crippen molar-refractivity contribution in [3.05, 3.63) is 29.5 Å². The number of anilines is 1. The summed E-state index contributed by atoms with van der Waals surface area (Å²) in [5, 5.41) is 7.00. The Hall–Kier alpha value is -1.72. The topological polar surface area (TPSA) is 98.0 Å². The molecule has 5 N–H and O–H groups in total. The number of aryl methyl sites for hydroxylation is 1. The Labute approximate surface area is 94.1 Å². The molecule has 2 rings (SSSR count). The van der Waals surface area contributed by atoms with Crippen LogP contribution in [0.5, 0.6) is 0 Å². The third-order valence-corrected chi connectivity index (χ3v) is 2.18. The number of benzene rings is 1. The molecule has 0 atom stereocenters. The molecule has 1 aromatic carbocycles. The van der Waals surface area contributed by atoms with Crippen LogP contribution < -0.4 is 11.5 Å². The number of nitrogen functional groups attached to an aromatic ring is 1. The van der Waals surface area contributed by atoms with E-state index >= 15 is 0 Å². The number of aromatic nitrogens is 2. The molecule has 86 valence electrons. The molecule has 0 amide bonds. The highest BCUT2D eigenvalue weighted by atomic mass is 16.2. The predicted molar refractivity (Wildman–Crippen MR) is 64.7 cm³/mol. The maximum absolute atomic E-state index is 7.00. The number of rotatable bonds is 1. The number of hydrogen-bond acceptors (Lipinski definition) is 5. The van der Waals surface area contributed by atoms with Crippen LogP contribution in [-0.4, -0.2) is 22.2 Å². The highest BCUT2D eigenvalue weighted by molar-refractivity contribution is 5.76. The first-order valence-electron chi connectivity index (χ1n) is 4.88. The first kappa shape index (κ1) is 12.4. The van der Waals surface area contributed by atoms with Crippen molar-refractivity contribution in [2.45, 2.75) is 13.5 Å². The Morgan fingerprint density at radius 3 is 2.50 bits per heavy atom. The summed E-state index contributed by atoms with van der Waals surface area (Å²) in [6.45, 7) is 2.35. The average Bonchev–Trinajstić information content (AvgIpc) is 2.33. The van der Waals surface area contributed by atoms with Crippen molar-refractivity contribution in [1.82, 2.24) is 9.97 Å². The van der Waals surface area contributed by atoms with Gasteiger partial charge in [-0.3, -0.25) is 0 Å². The number of nitrogens with zero attached hydrogens (tertiary/aromatic N) is 2. The van der Waals surface area contributed by atoms with E-state index in [1.807, 2.05) is 25.1 Å². The van der Waals surface area contributed by atoms with Crippen LogP contribution in [0.4, 0.5) is 5.82 Å². The Balaban J connectivity index is 0.000000606. The number of aliphatic hydroxyl groups excluding tert-OH is 1. The lowest BCUT2D eigenvalue weighted by molar-refractivity contribution is 0.399. The maximum atomic E-state index is 7.00. The minimum atomic E-state index is 0.478. The molecule has 0 saturated heterocycles. The van der Waals surface area contributed by atoms with Crippen LogP contribution in [0.1, 0.15) is 11.3 Å². The van der Waals surface area contributed by atoms with E-state index in [1.165, 1.54) is 0 Å². The fourth-order valence-electron chi connectivity index (χ4n) is 1.33. The maximum Gasteiger partial charge on any atom is 0.145 e. The van der Waals surface area contributed by atoms with Crippen molar-refractivity contribution in [3.63, 3.8) is 0 Å². The number of fused-ring (bicyclic) bond motifs is 1. The molecule has 2 aromatic rings. The molecule has 0 unspecified atom stereocenters. The van der Waals surface area contributed by atoms with Gasteiger partial charge in [-0.2, -0.15) is 0 Å². The number of aliphatic hydroxyl groups is 1. The number of nitrogens with two attached hydrogens (primary N) is 2. The van der Waals surface area contributed by atoms with Gasteiger partial charge in [0.2, 0.25) is 0 Å². The largest absolute Gasteiger partial charge is 0.400 e. The van der Waals surface area contributed by atoms with Crippen molar-refractivity contribution in [2.75, 3.05) is 12.8 Å². The lowest BCUT2D eigenvalue weighted by atomic mass is 10.2. The first-order chi connectivity index (χ1) is 7.70. The van der Waals surface area contributed by atoms with Crippen LogP contribution in [0.25, 0.3) is 11.0 Å². The van der Waals surface area contributed by atoms with E-state index in [0.717, 1.165) is 29.4 Å². The van der Waals surface area contributed by atoms with E-state index in [9.17, 15) is 0 Å². The van der Waals surface area contributed by atoms with Gasteiger partial charge in [-0.25, -0.2) is 9.97 Å². The van der Waals surface area contributed by atoms with Crippen LogP contribution in [-0.2, 0) is 6.54 Å². The minimum Gasteiger partial charge on any atom is -0.400 e. The fraction of sp³-hybridized carbons (Fsp3) is 0.273. The first-order valence-corrected chi connectivity index (χ1v) is 4.88. The standard InChI is InChI=1S/C10H12N4.CH4O/c1-6-10(12)14-9-4-7(5-11)2-3-8(9)13-6;1-2/h2-4H,5,11H2,1H3,(H2,12,14);2H,1H3. The monoisotopic (exact) mass is 220 g/mol. The zero-order valence-electron chi connectivity index (χ0n) is 9.44. The van der Waals surface area contributed by atoms with Crippen molar-refractivity contribution >= 4 is 16.9 Å². The van der Waals surface area contributed by atoms with Crippen molar-refractivity contribution in [3.8, 4) is 0 Å². The summed E-state index contributed by atoms with van der Waals surface area (Å²) in [7, 11) is 1.00. The third kappa shape index (κ3) is 2.44. The van der Waals surface area contributed by atoms with Gasteiger partial charge in [-0.05, 0) is 24.6 Å². The quantitative estimate of drug-likeness (QED) is 0.653. The zero-order valence-corrected chi connectivity index (χ0v) is 9.44. The molecule has 16 heavy (non-hydrogen) atoms. The average molecular weight is 220 g/mol. The van der Waals surface area contributed by atoms with Crippen LogP contribution in [0.2, 0.25) is 0 Å². The van der Waals surface area contributed by atoms with E-state index < -0.39 is 0 Å². The molecule has 0 fully saturated rings. The summed E-state index contributed by atoms with van der Waals surface area (Å²) in [6.07, 6.45) is 0. The lowest BCUT2D eigenvalue weighted by Gasteiger charge is -2.03. The van der Waals surface area contributed by atoms with Gasteiger partial charge in [0.25, 0.3) is 0 Å². The Morgan fingerprint density at radius 1 is 1.19 bits per heavy atom. The second-order valence-electron chi connectivity index (χ2n) is 3.22. The molecular formula is C11H16N4O. The van der Waals surface area contributed by atoms with Crippen LogP contribution in [0.3, 0.4) is 0 Å². The van der Waals surface area contributed by atoms with Gasteiger partial charge in [0.15, 0.2) is 0 Å². The van der Waals surface area contributed by atoms with Gasteiger partial charge in [-0.1, -0.05) is 6.07 Å². The fourth-order valence-corrected chi connectivity index (χ4v) is 1.33. The zero-order chi connectivity index (χ0) is 12.1. The molecule has 5 nitrogen and oxygen atoms in total. The molecule has 0 aliphatic carbocycles. The molecule has 0 aliphatic rings. The lowest BCUT2D eigenvalue weighted by Crippen LogP contribution is -2.00. The number of hydrogen-bond donors (Lipinski definition) is 3. The van der Waals surface area contributed by atoms with Gasteiger partial charge < -0.3 is 16.6 Å². The molecule has 1 aromatic heterocycles. The van der Waals surface area contributed by atoms with Crippen molar-refractivity contribution in [1.29, 1.82) is 0 Å². The molecular weight excluding hydrogens is 204 g/mol. The summed E-state index contributed by atoms with van der Waals surface area (Å²) in [4.78, 5) is 8.57. The van der Waals surface area contributed by atoms with E-state index in [4.69, 9.17) is 16.6 Å². The molecule has 0 spiro atoms. The molecule has 0 radical (unpaired) electrons. The second kappa shape index (κ2) is 5.39. The Morgan fingerprint density at radius 2 is 1.88 bits per heavy atom. The van der Waals surface area contributed by atoms with Gasteiger partial charge >= 0.3 is 0 Å². The van der Waals surface area contributed by atoms with E-state index in [0.29, 0.717) is 12.4 Å². The Kier molecular flexibility index (Phi) is 4.16. The molecule has 0 bridgehead atoms. The third-order valence-electron chi connectivity index (χ3n) is 2.18. The normalized spacial score (nSPS) is 9.75. The molecule has 0 aliphatic heterocycles. The highest BCUT2D eigenvalue weighted by Crippen LogP contribution is 2.15. The van der Waals surface area contributed by atoms with Crippen molar-refractivity contribution < 1.29 is 5.11 Å². The smallest absolute Gasteiger partial charge is 0.145 e. The molecule has 5 heteroatoms. The van der Waals surface area contributed by atoms with Crippen LogP contribution >= 0.6 is 0 Å². The second-order valence-corrected chi connectivity index (χ2v) is 3.22. The Bertz CT molecular complexity index is 485. The van der Waals surface area contributed by atoms with Crippen LogP contribution in [0, 0.1) is 6.92 Å². The summed E-state index contributed by atoms with van der Waals surface area (Å²) < 4.78 is 0. The minimum absolute atomic E-state index is 0.478. The van der Waals surface area contributed by atoms with E-state index in [-0.39, 0.29) is 0 Å². The summed E-state index contributed by atoms with van der Waals surface area (Å²) >= 11 is 0. The van der Waals surface area contributed by atoms with Gasteiger partial charge in [-0.15, -0.1) is 0 Å². The summed E-state index contributed by atoms with van der Waals surface area (Å²) in [5.74, 6) is 0.478. The highest BCUT2D eigenvalue weighted by Gasteiger charge is 2.01. The van der Waals surface area contributed by atoms with Gasteiger partial charge in [0.1, 0.15) is 5.82 Å². The SMILES string of the molecule is CO.Cc1nc2ccc(CN)cc2nc1N.